The highest BCUT2D eigenvalue weighted by Gasteiger charge is 2.09. The van der Waals surface area contributed by atoms with Crippen LogP contribution in [-0.4, -0.2) is 11.3 Å². The van der Waals surface area contributed by atoms with E-state index in [2.05, 4.69) is 10.4 Å². The molecule has 0 fully saturated rings. The van der Waals surface area contributed by atoms with E-state index in [1.54, 1.807) is 19.1 Å². The summed E-state index contributed by atoms with van der Waals surface area (Å²) in [5.41, 5.74) is 3.36. The molecule has 0 atom stereocenters. The Morgan fingerprint density at radius 3 is 2.93 bits per heavy atom. The van der Waals surface area contributed by atoms with Crippen molar-refractivity contribution in [1.82, 2.24) is 5.43 Å². The molecule has 1 rings (SSSR count). The molecule has 0 saturated carbocycles. The molecule has 0 amide bonds. The summed E-state index contributed by atoms with van der Waals surface area (Å²) in [5, 5.41) is 10.6. The van der Waals surface area contributed by atoms with Crippen LogP contribution in [0.4, 0.5) is 11.4 Å². The number of aliphatic imine (C=N–C) groups is 1. The summed E-state index contributed by atoms with van der Waals surface area (Å²) >= 11 is 0. The third-order valence-electron chi connectivity index (χ3n) is 1.68. The Kier molecular flexibility index (Phi) is 3.14. The Morgan fingerprint density at radius 2 is 2.36 bits per heavy atom. The van der Waals surface area contributed by atoms with Crippen molar-refractivity contribution in [2.45, 2.75) is 6.92 Å². The van der Waals surface area contributed by atoms with E-state index in [0.717, 1.165) is 0 Å². The Morgan fingerprint density at radius 1 is 1.64 bits per heavy atom. The fraction of sp³-hybridized carbons (Fsp3) is 0.125. The Bertz CT molecular complexity index is 376. The van der Waals surface area contributed by atoms with E-state index in [0.29, 0.717) is 11.3 Å². The van der Waals surface area contributed by atoms with E-state index < -0.39 is 4.92 Å². The molecule has 6 nitrogen and oxygen atoms in total. The second-order valence-corrected chi connectivity index (χ2v) is 2.65. The summed E-state index contributed by atoms with van der Waals surface area (Å²) in [4.78, 5) is 14.0. The van der Waals surface area contributed by atoms with Crippen LogP contribution in [0.15, 0.2) is 23.2 Å². The zero-order valence-corrected chi connectivity index (χ0v) is 7.60. The van der Waals surface area contributed by atoms with Crippen LogP contribution < -0.4 is 11.3 Å². The van der Waals surface area contributed by atoms with Crippen molar-refractivity contribution in [3.63, 3.8) is 0 Å². The zero-order valence-electron chi connectivity index (χ0n) is 7.60. The van der Waals surface area contributed by atoms with E-state index in [1.165, 1.54) is 12.4 Å². The lowest BCUT2D eigenvalue weighted by Crippen LogP contribution is -2.18. The van der Waals surface area contributed by atoms with Gasteiger partial charge in [-0.05, 0) is 13.0 Å². The van der Waals surface area contributed by atoms with Gasteiger partial charge < -0.3 is 5.43 Å². The van der Waals surface area contributed by atoms with Crippen molar-refractivity contribution in [3.05, 3.63) is 33.9 Å². The predicted molar refractivity (Wildman–Crippen MR) is 53.3 cm³/mol. The molecule has 14 heavy (non-hydrogen) atoms. The molecule has 0 saturated heterocycles. The van der Waals surface area contributed by atoms with E-state index in [1.807, 2.05) is 0 Å². The quantitative estimate of drug-likeness (QED) is 0.247. The van der Waals surface area contributed by atoms with Gasteiger partial charge in [-0.3, -0.25) is 10.1 Å². The number of hydrazine groups is 1. The molecule has 0 aliphatic rings. The van der Waals surface area contributed by atoms with Crippen LogP contribution in [0.3, 0.4) is 0 Å². The van der Waals surface area contributed by atoms with E-state index in [4.69, 9.17) is 5.84 Å². The maximum Gasteiger partial charge on any atom is 0.274 e. The van der Waals surface area contributed by atoms with Gasteiger partial charge in [-0.25, -0.2) is 10.8 Å². The number of benzene rings is 1. The molecule has 0 aromatic heterocycles. The number of aryl methyl sites for hydroxylation is 1. The summed E-state index contributed by atoms with van der Waals surface area (Å²) < 4.78 is 0. The van der Waals surface area contributed by atoms with Crippen molar-refractivity contribution in [2.24, 2.45) is 10.8 Å². The van der Waals surface area contributed by atoms with Crippen molar-refractivity contribution in [3.8, 4) is 0 Å². The molecule has 0 radical (unpaired) electrons. The van der Waals surface area contributed by atoms with Gasteiger partial charge in [-0.2, -0.15) is 0 Å². The van der Waals surface area contributed by atoms with E-state index in [-0.39, 0.29) is 5.69 Å². The third kappa shape index (κ3) is 2.27. The largest absolute Gasteiger partial charge is 0.315 e. The molecular formula is C8H10N4O2. The number of nitrogens with one attached hydrogen (secondary N) is 1. The monoisotopic (exact) mass is 194 g/mol. The normalized spacial score (nSPS) is 10.4. The first-order chi connectivity index (χ1) is 6.65. The lowest BCUT2D eigenvalue weighted by Gasteiger charge is -1.97. The Hall–Kier alpha value is -1.95. The Balaban J connectivity index is 3.06. The highest BCUT2D eigenvalue weighted by atomic mass is 16.6. The molecule has 0 aliphatic carbocycles. The first kappa shape index (κ1) is 10.1. The van der Waals surface area contributed by atoms with Gasteiger partial charge in [0.2, 0.25) is 0 Å². The van der Waals surface area contributed by atoms with Gasteiger partial charge in [-0.15, -0.1) is 0 Å². The van der Waals surface area contributed by atoms with Gasteiger partial charge in [-0.1, -0.05) is 6.07 Å². The fourth-order valence-electron chi connectivity index (χ4n) is 0.987. The van der Waals surface area contributed by atoms with E-state index >= 15 is 0 Å². The molecule has 0 unspecified atom stereocenters. The van der Waals surface area contributed by atoms with E-state index in [9.17, 15) is 10.1 Å². The number of hydrogen-bond donors (Lipinski definition) is 2. The standard InChI is InChI=1S/C8H10N4O2/c1-6-2-3-7(10-5-11-9)4-8(6)12(13)14/h2-5H,9H2,1H3,(H,10,11). The van der Waals surface area contributed by atoms with Crippen LogP contribution in [-0.2, 0) is 0 Å². The topological polar surface area (TPSA) is 93.5 Å². The SMILES string of the molecule is Cc1ccc(N=CNN)cc1[N+](=O)[O-]. The van der Waals surface area contributed by atoms with Crippen LogP contribution in [0.1, 0.15) is 5.56 Å². The van der Waals surface area contributed by atoms with Crippen LogP contribution in [0, 0.1) is 17.0 Å². The van der Waals surface area contributed by atoms with Crippen LogP contribution in [0.5, 0.6) is 0 Å². The molecule has 1 aromatic carbocycles. The zero-order chi connectivity index (χ0) is 10.6. The highest BCUT2D eigenvalue weighted by Crippen LogP contribution is 2.23. The maximum atomic E-state index is 10.6. The van der Waals surface area contributed by atoms with Crippen LogP contribution in [0.25, 0.3) is 0 Å². The average Bonchev–Trinajstić information content (AvgIpc) is 2.16. The molecule has 74 valence electrons. The molecule has 0 heterocycles. The molecule has 1 aromatic rings. The molecule has 0 spiro atoms. The van der Waals surface area contributed by atoms with Crippen molar-refractivity contribution < 1.29 is 4.92 Å². The Labute approximate surface area is 80.6 Å². The lowest BCUT2D eigenvalue weighted by molar-refractivity contribution is -0.385. The molecule has 0 aliphatic heterocycles. The minimum atomic E-state index is -0.440. The third-order valence-corrected chi connectivity index (χ3v) is 1.68. The summed E-state index contributed by atoms with van der Waals surface area (Å²) in [6.45, 7) is 1.67. The molecule has 0 bridgehead atoms. The molecule has 3 N–H and O–H groups in total. The first-order valence-corrected chi connectivity index (χ1v) is 3.89. The van der Waals surface area contributed by atoms with Gasteiger partial charge in [0.05, 0.1) is 10.6 Å². The summed E-state index contributed by atoms with van der Waals surface area (Å²) in [5.74, 6) is 4.97. The summed E-state index contributed by atoms with van der Waals surface area (Å²) in [6.07, 6.45) is 1.26. The number of nitro benzene ring substituents is 1. The lowest BCUT2D eigenvalue weighted by atomic mass is 10.2. The highest BCUT2D eigenvalue weighted by molar-refractivity contribution is 5.62. The number of nitro groups is 1. The fourth-order valence-corrected chi connectivity index (χ4v) is 0.987. The first-order valence-electron chi connectivity index (χ1n) is 3.89. The van der Waals surface area contributed by atoms with Gasteiger partial charge in [0.25, 0.3) is 5.69 Å². The maximum absolute atomic E-state index is 10.6. The summed E-state index contributed by atoms with van der Waals surface area (Å²) in [6, 6.07) is 4.71. The molecule has 6 heteroatoms. The van der Waals surface area contributed by atoms with Crippen LogP contribution >= 0.6 is 0 Å². The predicted octanol–water partition coefficient (Wildman–Crippen LogP) is 1.03. The van der Waals surface area contributed by atoms with Gasteiger partial charge in [0.15, 0.2) is 0 Å². The minimum Gasteiger partial charge on any atom is -0.315 e. The molecular weight excluding hydrogens is 184 g/mol. The second-order valence-electron chi connectivity index (χ2n) is 2.65. The minimum absolute atomic E-state index is 0.0525. The number of nitrogens with two attached hydrogens (primary N) is 1. The smallest absolute Gasteiger partial charge is 0.274 e. The van der Waals surface area contributed by atoms with Gasteiger partial charge in [0.1, 0.15) is 6.34 Å². The van der Waals surface area contributed by atoms with Crippen LogP contribution in [0.2, 0.25) is 0 Å². The number of rotatable bonds is 3. The average molecular weight is 194 g/mol. The van der Waals surface area contributed by atoms with Crippen molar-refractivity contribution in [1.29, 1.82) is 0 Å². The number of nitrogens with zero attached hydrogens (tertiary/aromatic N) is 2. The summed E-state index contributed by atoms with van der Waals surface area (Å²) in [7, 11) is 0. The van der Waals surface area contributed by atoms with Crippen molar-refractivity contribution in [2.75, 3.05) is 0 Å². The van der Waals surface area contributed by atoms with Crippen molar-refractivity contribution >= 4 is 17.7 Å². The van der Waals surface area contributed by atoms with Gasteiger partial charge >= 0.3 is 0 Å². The van der Waals surface area contributed by atoms with Gasteiger partial charge in [0, 0.05) is 11.6 Å². The number of hydrogen-bond acceptors (Lipinski definition) is 4. The second kappa shape index (κ2) is 4.33.